The first-order valence-corrected chi connectivity index (χ1v) is 7.72. The molecule has 20 heavy (non-hydrogen) atoms. The molecular formula is C15H20BrNO3. The number of likely N-dealkylation sites (tertiary alicyclic amines) is 1. The van der Waals surface area contributed by atoms with Gasteiger partial charge in [-0.15, -0.1) is 0 Å². The van der Waals surface area contributed by atoms with Crippen molar-refractivity contribution in [1.82, 2.24) is 4.90 Å². The van der Waals surface area contributed by atoms with E-state index in [-0.39, 0.29) is 18.6 Å². The fourth-order valence-electron chi connectivity index (χ4n) is 2.70. The van der Waals surface area contributed by atoms with Crippen molar-refractivity contribution in [3.63, 3.8) is 0 Å². The molecule has 0 bridgehead atoms. The Bertz CT molecular complexity index is 478. The third-order valence-corrected chi connectivity index (χ3v) is 4.35. The summed E-state index contributed by atoms with van der Waals surface area (Å²) in [6.45, 7) is 0.991. The van der Waals surface area contributed by atoms with Crippen LogP contribution >= 0.6 is 15.9 Å². The van der Waals surface area contributed by atoms with E-state index in [4.69, 9.17) is 9.84 Å². The van der Waals surface area contributed by atoms with E-state index in [1.807, 2.05) is 11.0 Å². The maximum atomic E-state index is 12.6. The van der Waals surface area contributed by atoms with Gasteiger partial charge in [0.1, 0.15) is 5.75 Å². The van der Waals surface area contributed by atoms with Crippen molar-refractivity contribution in [3.05, 3.63) is 28.2 Å². The molecular weight excluding hydrogens is 322 g/mol. The van der Waals surface area contributed by atoms with Crippen molar-refractivity contribution < 1.29 is 14.6 Å². The fourth-order valence-corrected chi connectivity index (χ4v) is 3.24. The highest BCUT2D eigenvalue weighted by Gasteiger charge is 2.29. The number of hydrogen-bond donors (Lipinski definition) is 1. The van der Waals surface area contributed by atoms with Crippen LogP contribution in [-0.4, -0.2) is 42.2 Å². The molecule has 4 nitrogen and oxygen atoms in total. The summed E-state index contributed by atoms with van der Waals surface area (Å²) in [6, 6.07) is 5.67. The van der Waals surface area contributed by atoms with E-state index in [0.717, 1.165) is 42.5 Å². The van der Waals surface area contributed by atoms with Crippen LogP contribution < -0.4 is 4.74 Å². The van der Waals surface area contributed by atoms with Crippen LogP contribution in [0.15, 0.2) is 22.7 Å². The van der Waals surface area contributed by atoms with Crippen LogP contribution in [0.4, 0.5) is 0 Å². The molecule has 1 aliphatic rings. The highest BCUT2D eigenvalue weighted by Crippen LogP contribution is 2.28. The standard InChI is InChI=1S/C15H20BrNO3/c1-20-14-7-6-11(10-13(14)16)15(19)17-8-2-4-12(17)5-3-9-18/h6-7,10,12,18H,2-5,8-9H2,1H3. The molecule has 1 aliphatic heterocycles. The summed E-state index contributed by atoms with van der Waals surface area (Å²) in [5, 5.41) is 8.94. The molecule has 0 radical (unpaired) electrons. The summed E-state index contributed by atoms with van der Waals surface area (Å²) < 4.78 is 5.97. The van der Waals surface area contributed by atoms with Gasteiger partial charge in [-0.05, 0) is 59.8 Å². The van der Waals surface area contributed by atoms with E-state index in [9.17, 15) is 4.79 Å². The minimum absolute atomic E-state index is 0.0637. The molecule has 5 heteroatoms. The van der Waals surface area contributed by atoms with Crippen LogP contribution in [0.25, 0.3) is 0 Å². The molecule has 1 heterocycles. The molecule has 1 fully saturated rings. The number of carbonyl (C=O) groups excluding carboxylic acids is 1. The molecule has 1 aromatic carbocycles. The smallest absolute Gasteiger partial charge is 0.254 e. The van der Waals surface area contributed by atoms with E-state index in [1.54, 1.807) is 19.2 Å². The van der Waals surface area contributed by atoms with E-state index in [2.05, 4.69) is 15.9 Å². The molecule has 110 valence electrons. The summed E-state index contributed by atoms with van der Waals surface area (Å²) in [4.78, 5) is 14.5. The molecule has 0 saturated carbocycles. The third-order valence-electron chi connectivity index (χ3n) is 3.73. The van der Waals surface area contributed by atoms with Gasteiger partial charge in [-0.2, -0.15) is 0 Å². The quantitative estimate of drug-likeness (QED) is 0.895. The topological polar surface area (TPSA) is 49.8 Å². The van der Waals surface area contributed by atoms with Crippen LogP contribution in [0.5, 0.6) is 5.75 Å². The predicted molar refractivity (Wildman–Crippen MR) is 81.1 cm³/mol. The Morgan fingerprint density at radius 1 is 1.55 bits per heavy atom. The summed E-state index contributed by atoms with van der Waals surface area (Å²) in [7, 11) is 1.60. The Hall–Kier alpha value is -1.07. The molecule has 0 aliphatic carbocycles. The van der Waals surface area contributed by atoms with Gasteiger partial charge < -0.3 is 14.7 Å². The summed E-state index contributed by atoms with van der Waals surface area (Å²) in [5.41, 5.74) is 0.675. The summed E-state index contributed by atoms with van der Waals surface area (Å²) in [6.07, 6.45) is 3.70. The SMILES string of the molecule is COc1ccc(C(=O)N2CCCC2CCCO)cc1Br. The van der Waals surface area contributed by atoms with E-state index >= 15 is 0 Å². The number of carbonyl (C=O) groups is 1. The van der Waals surface area contributed by atoms with E-state index in [1.165, 1.54) is 0 Å². The van der Waals surface area contributed by atoms with Crippen LogP contribution in [0.1, 0.15) is 36.0 Å². The molecule has 1 saturated heterocycles. The monoisotopic (exact) mass is 341 g/mol. The number of halogens is 1. The van der Waals surface area contributed by atoms with Crippen molar-refractivity contribution in [2.45, 2.75) is 31.7 Å². The number of hydrogen-bond acceptors (Lipinski definition) is 3. The van der Waals surface area contributed by atoms with Crippen LogP contribution in [0.2, 0.25) is 0 Å². The first-order valence-electron chi connectivity index (χ1n) is 6.92. The third kappa shape index (κ3) is 3.33. The molecule has 0 spiro atoms. The Kier molecular flexibility index (Phi) is 5.43. The van der Waals surface area contributed by atoms with Crippen LogP contribution in [-0.2, 0) is 0 Å². The predicted octanol–water partition coefficient (Wildman–Crippen LogP) is 2.83. The normalized spacial score (nSPS) is 18.4. The van der Waals surface area contributed by atoms with Gasteiger partial charge in [0.05, 0.1) is 11.6 Å². The van der Waals surface area contributed by atoms with Crippen molar-refractivity contribution in [2.24, 2.45) is 0 Å². The number of benzene rings is 1. The fraction of sp³-hybridized carbons (Fsp3) is 0.533. The van der Waals surface area contributed by atoms with Gasteiger partial charge in [0.15, 0.2) is 0 Å². The van der Waals surface area contributed by atoms with Crippen molar-refractivity contribution in [1.29, 1.82) is 0 Å². The second kappa shape index (κ2) is 7.09. The zero-order chi connectivity index (χ0) is 14.5. The largest absolute Gasteiger partial charge is 0.496 e. The molecule has 1 atom stereocenters. The van der Waals surface area contributed by atoms with Crippen LogP contribution in [0, 0.1) is 0 Å². The van der Waals surface area contributed by atoms with Gasteiger partial charge in [-0.1, -0.05) is 0 Å². The van der Waals surface area contributed by atoms with Crippen LogP contribution in [0.3, 0.4) is 0 Å². The van der Waals surface area contributed by atoms with Gasteiger partial charge >= 0.3 is 0 Å². The minimum atomic E-state index is 0.0637. The van der Waals surface area contributed by atoms with E-state index in [0.29, 0.717) is 5.56 Å². The Morgan fingerprint density at radius 3 is 3.00 bits per heavy atom. The van der Waals surface area contributed by atoms with Crippen molar-refractivity contribution in [3.8, 4) is 5.75 Å². The number of nitrogens with zero attached hydrogens (tertiary/aromatic N) is 1. The maximum Gasteiger partial charge on any atom is 0.254 e. The second-order valence-corrected chi connectivity index (χ2v) is 5.86. The van der Waals surface area contributed by atoms with Gasteiger partial charge in [-0.25, -0.2) is 0 Å². The Balaban J connectivity index is 2.11. The zero-order valence-electron chi connectivity index (χ0n) is 11.6. The van der Waals surface area contributed by atoms with Crippen molar-refractivity contribution >= 4 is 21.8 Å². The molecule has 1 N–H and O–H groups in total. The van der Waals surface area contributed by atoms with Gasteiger partial charge in [0.25, 0.3) is 5.91 Å². The Morgan fingerprint density at radius 2 is 2.35 bits per heavy atom. The zero-order valence-corrected chi connectivity index (χ0v) is 13.2. The number of rotatable bonds is 5. The lowest BCUT2D eigenvalue weighted by Crippen LogP contribution is -2.35. The van der Waals surface area contributed by atoms with Crippen molar-refractivity contribution in [2.75, 3.05) is 20.3 Å². The average Bonchev–Trinajstić information content (AvgIpc) is 2.92. The lowest BCUT2D eigenvalue weighted by atomic mass is 10.1. The lowest BCUT2D eigenvalue weighted by molar-refractivity contribution is 0.0724. The second-order valence-electron chi connectivity index (χ2n) is 5.01. The summed E-state index contributed by atoms with van der Waals surface area (Å²) >= 11 is 3.41. The number of aliphatic hydroxyl groups excluding tert-OH is 1. The maximum absolute atomic E-state index is 12.6. The highest BCUT2D eigenvalue weighted by molar-refractivity contribution is 9.10. The Labute approximate surface area is 127 Å². The highest BCUT2D eigenvalue weighted by atomic mass is 79.9. The average molecular weight is 342 g/mol. The molecule has 1 unspecified atom stereocenters. The summed E-state index contributed by atoms with van der Waals surface area (Å²) in [5.74, 6) is 0.786. The lowest BCUT2D eigenvalue weighted by Gasteiger charge is -2.25. The molecule has 0 aromatic heterocycles. The first-order chi connectivity index (χ1) is 9.67. The molecule has 1 aromatic rings. The number of methoxy groups -OCH3 is 1. The number of aliphatic hydroxyl groups is 1. The number of amides is 1. The first kappa shape index (κ1) is 15.3. The van der Waals surface area contributed by atoms with Gasteiger partial charge in [0.2, 0.25) is 0 Å². The number of ether oxygens (including phenoxy) is 1. The molecule has 1 amide bonds. The van der Waals surface area contributed by atoms with Gasteiger partial charge in [-0.3, -0.25) is 4.79 Å². The van der Waals surface area contributed by atoms with E-state index < -0.39 is 0 Å². The minimum Gasteiger partial charge on any atom is -0.496 e. The molecule has 2 rings (SSSR count). The van der Waals surface area contributed by atoms with Gasteiger partial charge in [0, 0.05) is 24.8 Å².